The van der Waals surface area contributed by atoms with Gasteiger partial charge in [-0.3, -0.25) is 10.0 Å². The number of carbonyl (C=O) groups is 1. The van der Waals surface area contributed by atoms with Crippen LogP contribution in [0.5, 0.6) is 5.75 Å². The first kappa shape index (κ1) is 15.6. The summed E-state index contributed by atoms with van der Waals surface area (Å²) in [6, 6.07) is 17.0. The van der Waals surface area contributed by atoms with Crippen LogP contribution in [0.15, 0.2) is 54.6 Å². The Morgan fingerprint density at radius 3 is 2.22 bits per heavy atom. The van der Waals surface area contributed by atoms with Crippen molar-refractivity contribution in [2.45, 2.75) is 37.7 Å². The number of hydroxylamine groups is 1. The van der Waals surface area contributed by atoms with Gasteiger partial charge in [-0.2, -0.15) is 0 Å². The van der Waals surface area contributed by atoms with Gasteiger partial charge < -0.3 is 4.74 Å². The molecule has 1 unspecified atom stereocenters. The Hall–Kier alpha value is -2.33. The molecule has 3 rings (SSSR count). The van der Waals surface area contributed by atoms with Gasteiger partial charge in [0.25, 0.3) is 5.91 Å². The summed E-state index contributed by atoms with van der Waals surface area (Å²) in [6.07, 6.45) is 5.00. The summed E-state index contributed by atoms with van der Waals surface area (Å²) in [6.45, 7) is 0. The first-order chi connectivity index (χ1) is 11.3. The van der Waals surface area contributed by atoms with Gasteiger partial charge in [-0.15, -0.1) is 0 Å². The molecule has 1 aliphatic rings. The molecular formula is C19H21NO3. The van der Waals surface area contributed by atoms with Crippen LogP contribution in [0.3, 0.4) is 0 Å². The average molecular weight is 311 g/mol. The van der Waals surface area contributed by atoms with Crippen LogP contribution in [0.25, 0.3) is 0 Å². The number of hydrogen-bond acceptors (Lipinski definition) is 3. The number of ether oxygens (including phenoxy) is 1. The summed E-state index contributed by atoms with van der Waals surface area (Å²) in [5.74, 6) is -0.153. The fraction of sp³-hybridized carbons (Fsp3) is 0.316. The molecule has 2 N–H and O–H groups in total. The summed E-state index contributed by atoms with van der Waals surface area (Å²) >= 11 is 0. The Kier molecular flexibility index (Phi) is 4.93. The maximum Gasteiger partial charge on any atom is 0.255 e. The zero-order valence-corrected chi connectivity index (χ0v) is 12.9. The Balaban J connectivity index is 1.80. The summed E-state index contributed by atoms with van der Waals surface area (Å²) in [5, 5.41) is 9.05. The van der Waals surface area contributed by atoms with Crippen molar-refractivity contribution in [2.75, 3.05) is 0 Å². The lowest BCUT2D eigenvalue weighted by Crippen LogP contribution is -2.27. The van der Waals surface area contributed by atoms with E-state index in [9.17, 15) is 4.79 Å². The number of amides is 1. The van der Waals surface area contributed by atoms with Crippen molar-refractivity contribution in [2.24, 2.45) is 0 Å². The largest absolute Gasteiger partial charge is 0.490 e. The molecule has 1 saturated carbocycles. The smallest absolute Gasteiger partial charge is 0.255 e. The number of hydrogen-bond donors (Lipinski definition) is 2. The summed E-state index contributed by atoms with van der Waals surface area (Å²) < 4.78 is 5.95. The Morgan fingerprint density at radius 2 is 1.61 bits per heavy atom. The van der Waals surface area contributed by atoms with Gasteiger partial charge in [0.15, 0.2) is 0 Å². The van der Waals surface area contributed by atoms with Gasteiger partial charge in [-0.05, 0) is 48.9 Å². The highest BCUT2D eigenvalue weighted by molar-refractivity contribution is 5.86. The molecule has 0 spiro atoms. The van der Waals surface area contributed by atoms with E-state index in [4.69, 9.17) is 9.94 Å². The van der Waals surface area contributed by atoms with Crippen molar-refractivity contribution in [3.63, 3.8) is 0 Å². The van der Waals surface area contributed by atoms with Crippen LogP contribution < -0.4 is 10.2 Å². The Morgan fingerprint density at radius 1 is 1.00 bits per heavy atom. The first-order valence-corrected chi connectivity index (χ1v) is 8.03. The minimum Gasteiger partial charge on any atom is -0.490 e. The number of rotatable bonds is 5. The third kappa shape index (κ3) is 3.71. The average Bonchev–Trinajstić information content (AvgIpc) is 3.10. The molecule has 4 heteroatoms. The highest BCUT2D eigenvalue weighted by Gasteiger charge is 2.22. The van der Waals surface area contributed by atoms with Gasteiger partial charge >= 0.3 is 0 Å². The van der Waals surface area contributed by atoms with Gasteiger partial charge in [-0.25, -0.2) is 5.48 Å². The summed E-state index contributed by atoms with van der Waals surface area (Å²) in [4.78, 5) is 12.1. The number of carbonyl (C=O) groups excluding carboxylic acids is 1. The SMILES string of the molecule is O=C(NO)C(c1ccccc1)c1ccc(OC2CCCC2)cc1. The highest BCUT2D eigenvalue weighted by Crippen LogP contribution is 2.28. The fourth-order valence-corrected chi connectivity index (χ4v) is 3.14. The second kappa shape index (κ2) is 7.29. The molecule has 2 aromatic rings. The van der Waals surface area contributed by atoms with Gasteiger partial charge in [0.1, 0.15) is 5.75 Å². The number of nitrogens with one attached hydrogen (secondary N) is 1. The third-order valence-electron chi connectivity index (χ3n) is 4.32. The molecule has 1 amide bonds. The molecule has 0 heterocycles. The van der Waals surface area contributed by atoms with Gasteiger partial charge in [0.2, 0.25) is 0 Å². The molecule has 1 fully saturated rings. The Bertz CT molecular complexity index is 633. The monoisotopic (exact) mass is 311 g/mol. The zero-order valence-electron chi connectivity index (χ0n) is 12.9. The predicted molar refractivity (Wildman–Crippen MR) is 87.5 cm³/mol. The van der Waals surface area contributed by atoms with E-state index >= 15 is 0 Å². The fourth-order valence-electron chi connectivity index (χ4n) is 3.14. The molecule has 23 heavy (non-hydrogen) atoms. The standard InChI is InChI=1S/C19H21NO3/c21-19(20-22)18(14-6-2-1-3-7-14)15-10-12-17(13-11-15)23-16-8-4-5-9-16/h1-3,6-7,10-13,16,18,22H,4-5,8-9H2,(H,20,21). The molecular weight excluding hydrogens is 290 g/mol. The maximum absolute atomic E-state index is 12.1. The summed E-state index contributed by atoms with van der Waals surface area (Å²) in [7, 11) is 0. The van der Waals surface area contributed by atoms with Crippen molar-refractivity contribution in [3.05, 3.63) is 65.7 Å². The van der Waals surface area contributed by atoms with Crippen LogP contribution in [-0.2, 0) is 4.79 Å². The van der Waals surface area contributed by atoms with E-state index < -0.39 is 11.8 Å². The zero-order chi connectivity index (χ0) is 16.1. The van der Waals surface area contributed by atoms with Crippen molar-refractivity contribution in [1.29, 1.82) is 0 Å². The minimum atomic E-state index is -0.540. The highest BCUT2D eigenvalue weighted by atomic mass is 16.5. The van der Waals surface area contributed by atoms with Crippen LogP contribution >= 0.6 is 0 Å². The van der Waals surface area contributed by atoms with Gasteiger partial charge in [0.05, 0.1) is 12.0 Å². The van der Waals surface area contributed by atoms with E-state index in [0.717, 1.165) is 29.7 Å². The lowest BCUT2D eigenvalue weighted by atomic mass is 9.91. The lowest BCUT2D eigenvalue weighted by molar-refractivity contribution is -0.129. The molecule has 0 radical (unpaired) electrons. The molecule has 0 aliphatic heterocycles. The van der Waals surface area contributed by atoms with E-state index in [2.05, 4.69) is 0 Å². The Labute approximate surface area is 136 Å². The molecule has 1 atom stereocenters. The van der Waals surface area contributed by atoms with Crippen LogP contribution in [0.1, 0.15) is 42.7 Å². The second-order valence-corrected chi connectivity index (χ2v) is 5.91. The topological polar surface area (TPSA) is 58.6 Å². The normalized spacial score (nSPS) is 16.0. The van der Waals surface area contributed by atoms with E-state index in [1.54, 1.807) is 5.48 Å². The predicted octanol–water partition coefficient (Wildman–Crippen LogP) is 3.65. The minimum absolute atomic E-state index is 0.312. The van der Waals surface area contributed by atoms with Gasteiger partial charge in [0, 0.05) is 0 Å². The van der Waals surface area contributed by atoms with Crippen molar-refractivity contribution in [3.8, 4) is 5.75 Å². The molecule has 0 bridgehead atoms. The first-order valence-electron chi connectivity index (χ1n) is 8.03. The van der Waals surface area contributed by atoms with Crippen LogP contribution in [-0.4, -0.2) is 17.2 Å². The number of benzene rings is 2. The summed E-state index contributed by atoms with van der Waals surface area (Å²) in [5.41, 5.74) is 3.42. The van der Waals surface area contributed by atoms with E-state index in [1.165, 1.54) is 12.8 Å². The molecule has 2 aromatic carbocycles. The van der Waals surface area contributed by atoms with E-state index in [1.807, 2.05) is 54.6 Å². The molecule has 120 valence electrons. The quantitative estimate of drug-likeness (QED) is 0.654. The van der Waals surface area contributed by atoms with Crippen LogP contribution in [0, 0.1) is 0 Å². The molecule has 1 aliphatic carbocycles. The molecule has 0 saturated heterocycles. The lowest BCUT2D eigenvalue weighted by Gasteiger charge is -2.17. The van der Waals surface area contributed by atoms with E-state index in [0.29, 0.717) is 6.10 Å². The third-order valence-corrected chi connectivity index (χ3v) is 4.32. The van der Waals surface area contributed by atoms with Crippen molar-refractivity contribution < 1.29 is 14.7 Å². The van der Waals surface area contributed by atoms with Gasteiger partial charge in [-0.1, -0.05) is 42.5 Å². The van der Waals surface area contributed by atoms with Crippen LogP contribution in [0.2, 0.25) is 0 Å². The molecule has 4 nitrogen and oxygen atoms in total. The van der Waals surface area contributed by atoms with Crippen LogP contribution in [0.4, 0.5) is 0 Å². The van der Waals surface area contributed by atoms with Crippen molar-refractivity contribution in [1.82, 2.24) is 5.48 Å². The second-order valence-electron chi connectivity index (χ2n) is 5.91. The van der Waals surface area contributed by atoms with Crippen molar-refractivity contribution >= 4 is 5.91 Å². The maximum atomic E-state index is 12.1. The molecule has 0 aromatic heterocycles. The van der Waals surface area contributed by atoms with E-state index in [-0.39, 0.29) is 0 Å².